The Morgan fingerprint density at radius 3 is 2.33 bits per heavy atom. The van der Waals surface area contributed by atoms with Gasteiger partial charge in [0.15, 0.2) is 0 Å². The van der Waals surface area contributed by atoms with Crippen molar-refractivity contribution in [2.45, 2.75) is 76.8 Å². The fraction of sp³-hybridized carbons (Fsp3) is 0.655. The molecule has 11 heteroatoms. The Kier molecular flexibility index (Phi) is 8.35. The zero-order chi connectivity index (χ0) is 29.4. The van der Waals surface area contributed by atoms with Gasteiger partial charge in [-0.25, -0.2) is 4.79 Å². The number of primary amides is 1. The first-order chi connectivity index (χ1) is 18.8. The molecule has 4 amide bonds. The minimum absolute atomic E-state index is 0.0147. The summed E-state index contributed by atoms with van der Waals surface area (Å²) in [5.74, 6) is -0.254. The second-order valence-corrected chi connectivity index (χ2v) is 12.3. The molecule has 4 atom stereocenters. The van der Waals surface area contributed by atoms with Crippen LogP contribution in [0.4, 0.5) is 4.79 Å². The lowest BCUT2D eigenvalue weighted by molar-refractivity contribution is -0.143. The molecule has 4 rings (SSSR count). The van der Waals surface area contributed by atoms with Crippen LogP contribution < -0.4 is 10.5 Å². The van der Waals surface area contributed by atoms with Crippen molar-refractivity contribution >= 4 is 23.8 Å². The van der Waals surface area contributed by atoms with Gasteiger partial charge in [-0.1, -0.05) is 25.0 Å². The summed E-state index contributed by atoms with van der Waals surface area (Å²) < 4.78 is 16.6. The molecular weight excluding hydrogens is 516 g/mol. The minimum Gasteiger partial charge on any atom is -0.497 e. The molecule has 1 aromatic carbocycles. The highest BCUT2D eigenvalue weighted by Gasteiger charge is 2.62. The third-order valence-electron chi connectivity index (χ3n) is 8.22. The van der Waals surface area contributed by atoms with Crippen LogP contribution in [0.5, 0.6) is 5.75 Å². The number of carbonyl (C=O) groups excluding carboxylic acids is 4. The average Bonchev–Trinajstić information content (AvgIpc) is 3.58. The molecule has 2 N–H and O–H groups in total. The number of nitrogens with zero attached hydrogens (tertiary/aromatic N) is 3. The Bertz CT molecular complexity index is 1130. The summed E-state index contributed by atoms with van der Waals surface area (Å²) in [6.45, 7) is 5.94. The van der Waals surface area contributed by atoms with Crippen molar-refractivity contribution in [3.05, 3.63) is 29.8 Å². The summed E-state index contributed by atoms with van der Waals surface area (Å²) in [6, 6.07) is 5.62. The van der Waals surface area contributed by atoms with Crippen molar-refractivity contribution in [2.24, 2.45) is 17.1 Å². The van der Waals surface area contributed by atoms with E-state index in [1.54, 1.807) is 39.8 Å². The Hall–Kier alpha value is -3.34. The Balaban J connectivity index is 1.59. The van der Waals surface area contributed by atoms with Crippen molar-refractivity contribution in [1.82, 2.24) is 14.7 Å². The van der Waals surface area contributed by atoms with Crippen LogP contribution in [0.2, 0.25) is 0 Å². The van der Waals surface area contributed by atoms with Gasteiger partial charge in [-0.3, -0.25) is 19.3 Å². The lowest BCUT2D eigenvalue weighted by Crippen LogP contribution is -2.54. The molecule has 1 aromatic rings. The highest BCUT2D eigenvalue weighted by molar-refractivity contribution is 5.95. The Morgan fingerprint density at radius 1 is 1.15 bits per heavy atom. The molecule has 0 radical (unpaired) electrons. The third kappa shape index (κ3) is 6.04. The molecule has 1 spiro atoms. The van der Waals surface area contributed by atoms with E-state index in [0.717, 1.165) is 18.4 Å². The molecule has 11 nitrogen and oxygen atoms in total. The first-order valence-corrected chi connectivity index (χ1v) is 13.8. The van der Waals surface area contributed by atoms with E-state index in [1.165, 1.54) is 16.9 Å². The van der Waals surface area contributed by atoms with E-state index < -0.39 is 47.1 Å². The average molecular weight is 559 g/mol. The van der Waals surface area contributed by atoms with Gasteiger partial charge in [-0.2, -0.15) is 0 Å². The summed E-state index contributed by atoms with van der Waals surface area (Å²) in [7, 11) is 4.67. The van der Waals surface area contributed by atoms with E-state index in [2.05, 4.69) is 0 Å². The van der Waals surface area contributed by atoms with E-state index in [-0.39, 0.29) is 18.9 Å². The van der Waals surface area contributed by atoms with Gasteiger partial charge >= 0.3 is 6.09 Å². The standard InChI is InChI=1S/C29H42N4O7/c1-28(2,3)40-27(37)31(4)21(13-18-7-8-18)25(35)33-17-29(14-22(33)24(30)34)23(39-6)16-32(26(29)36)15-19-9-11-20(38-5)12-10-19/h9-12,18,21-23H,7-8,13-17H2,1-6H3,(H2,30,34)/t21-,22-,23?,29-/m0/s1. The predicted octanol–water partition coefficient (Wildman–Crippen LogP) is 2.16. The number of likely N-dealkylation sites (tertiary alicyclic amines) is 2. The van der Waals surface area contributed by atoms with Crippen LogP contribution in [0.25, 0.3) is 0 Å². The monoisotopic (exact) mass is 558 g/mol. The number of carbonyl (C=O) groups is 4. The lowest BCUT2D eigenvalue weighted by Gasteiger charge is -2.34. The van der Waals surface area contributed by atoms with Gasteiger partial charge in [0.2, 0.25) is 17.7 Å². The van der Waals surface area contributed by atoms with E-state index in [0.29, 0.717) is 31.2 Å². The smallest absolute Gasteiger partial charge is 0.410 e. The summed E-state index contributed by atoms with van der Waals surface area (Å²) >= 11 is 0. The van der Waals surface area contributed by atoms with Crippen LogP contribution in [0.15, 0.2) is 24.3 Å². The Labute approximate surface area is 235 Å². The van der Waals surface area contributed by atoms with Gasteiger partial charge in [0.05, 0.1) is 18.6 Å². The number of likely N-dealkylation sites (N-methyl/N-ethyl adjacent to an activating group) is 1. The molecule has 0 aromatic heterocycles. The van der Waals surface area contributed by atoms with Crippen LogP contribution >= 0.6 is 0 Å². The topological polar surface area (TPSA) is 132 Å². The second-order valence-electron chi connectivity index (χ2n) is 12.3. The molecule has 2 saturated heterocycles. The fourth-order valence-electron chi connectivity index (χ4n) is 5.85. The van der Waals surface area contributed by atoms with Crippen LogP contribution in [0, 0.1) is 11.3 Å². The number of hydrogen-bond acceptors (Lipinski definition) is 7. The number of benzene rings is 1. The van der Waals surface area contributed by atoms with Crippen LogP contribution in [0.1, 0.15) is 52.0 Å². The lowest BCUT2D eigenvalue weighted by atomic mass is 9.81. The number of nitrogens with two attached hydrogens (primary N) is 1. The number of hydrogen-bond donors (Lipinski definition) is 1. The molecule has 2 heterocycles. The maximum atomic E-state index is 14.1. The van der Waals surface area contributed by atoms with E-state index in [4.69, 9.17) is 19.9 Å². The first-order valence-electron chi connectivity index (χ1n) is 13.8. The third-order valence-corrected chi connectivity index (χ3v) is 8.22. The van der Waals surface area contributed by atoms with Gasteiger partial charge in [0.1, 0.15) is 23.4 Å². The molecule has 3 aliphatic rings. The molecule has 1 aliphatic carbocycles. The molecule has 3 fully saturated rings. The number of ether oxygens (including phenoxy) is 3. The van der Waals surface area contributed by atoms with Crippen LogP contribution in [-0.2, 0) is 30.4 Å². The first kappa shape index (κ1) is 29.6. The molecular formula is C29H42N4O7. The van der Waals surface area contributed by atoms with Crippen LogP contribution in [0.3, 0.4) is 0 Å². The zero-order valence-corrected chi connectivity index (χ0v) is 24.3. The second kappa shape index (κ2) is 11.3. The molecule has 1 unspecified atom stereocenters. The van der Waals surface area contributed by atoms with E-state index >= 15 is 0 Å². The molecule has 0 bridgehead atoms. The predicted molar refractivity (Wildman–Crippen MR) is 146 cm³/mol. The normalized spacial score (nSPS) is 25.3. The molecule has 220 valence electrons. The van der Waals surface area contributed by atoms with Gasteiger partial charge in [-0.05, 0) is 57.2 Å². The number of rotatable bonds is 9. The summed E-state index contributed by atoms with van der Waals surface area (Å²) in [4.78, 5) is 58.1. The van der Waals surface area contributed by atoms with Gasteiger partial charge in [0, 0.05) is 33.8 Å². The van der Waals surface area contributed by atoms with Crippen molar-refractivity contribution in [3.8, 4) is 5.75 Å². The van der Waals surface area contributed by atoms with Gasteiger partial charge in [0.25, 0.3) is 0 Å². The Morgan fingerprint density at radius 2 is 1.80 bits per heavy atom. The highest BCUT2D eigenvalue weighted by Crippen LogP contribution is 2.46. The maximum Gasteiger partial charge on any atom is 0.410 e. The SMILES string of the molecule is COc1ccc(CN2CC(OC)[C@@]3(C[C@@H](C(N)=O)N(C(=O)[C@H](CC4CC4)N(C)C(=O)OC(C)(C)C)C3)C2=O)cc1. The number of methoxy groups -OCH3 is 2. The summed E-state index contributed by atoms with van der Waals surface area (Å²) in [5, 5.41) is 0. The largest absolute Gasteiger partial charge is 0.497 e. The molecule has 2 aliphatic heterocycles. The van der Waals surface area contributed by atoms with Crippen molar-refractivity contribution in [3.63, 3.8) is 0 Å². The quantitative estimate of drug-likeness (QED) is 0.491. The summed E-state index contributed by atoms with van der Waals surface area (Å²) in [6.07, 6.45) is 1.31. The number of amides is 4. The molecule has 1 saturated carbocycles. The van der Waals surface area contributed by atoms with Crippen LogP contribution in [-0.4, -0.2) is 96.7 Å². The maximum absolute atomic E-state index is 14.1. The highest BCUT2D eigenvalue weighted by atomic mass is 16.6. The van der Waals surface area contributed by atoms with Crippen molar-refractivity contribution in [1.29, 1.82) is 0 Å². The summed E-state index contributed by atoms with van der Waals surface area (Å²) in [5.41, 5.74) is 4.88. The van der Waals surface area contributed by atoms with Gasteiger partial charge < -0.3 is 29.7 Å². The van der Waals surface area contributed by atoms with E-state index in [9.17, 15) is 19.2 Å². The zero-order valence-electron chi connectivity index (χ0n) is 24.3. The minimum atomic E-state index is -1.12. The van der Waals surface area contributed by atoms with Gasteiger partial charge in [-0.15, -0.1) is 0 Å². The molecule has 40 heavy (non-hydrogen) atoms. The fourth-order valence-corrected chi connectivity index (χ4v) is 5.85. The van der Waals surface area contributed by atoms with Crippen molar-refractivity contribution in [2.75, 3.05) is 34.4 Å². The van der Waals surface area contributed by atoms with Crippen molar-refractivity contribution < 1.29 is 33.4 Å². The van der Waals surface area contributed by atoms with E-state index in [1.807, 2.05) is 24.3 Å².